The highest BCUT2D eigenvalue weighted by atomic mass is 32.2. The summed E-state index contributed by atoms with van der Waals surface area (Å²) >= 11 is 3.69. The lowest BCUT2D eigenvalue weighted by Crippen LogP contribution is -2.16. The van der Waals surface area contributed by atoms with E-state index in [4.69, 9.17) is 0 Å². The zero-order chi connectivity index (χ0) is 11.7. The van der Waals surface area contributed by atoms with Crippen LogP contribution in [0.3, 0.4) is 0 Å². The van der Waals surface area contributed by atoms with Crippen molar-refractivity contribution in [1.82, 2.24) is 9.97 Å². The van der Waals surface area contributed by atoms with Crippen molar-refractivity contribution < 1.29 is 0 Å². The van der Waals surface area contributed by atoms with Crippen molar-refractivity contribution in [3.05, 3.63) is 17.8 Å². The molecule has 2 unspecified atom stereocenters. The van der Waals surface area contributed by atoms with E-state index in [1.165, 1.54) is 24.0 Å². The van der Waals surface area contributed by atoms with Crippen LogP contribution < -0.4 is 5.32 Å². The average molecular weight is 265 g/mol. The third kappa shape index (κ3) is 2.26. The van der Waals surface area contributed by atoms with Crippen molar-refractivity contribution >= 4 is 39.1 Å². The van der Waals surface area contributed by atoms with Gasteiger partial charge in [-0.3, -0.25) is 0 Å². The molecule has 0 spiro atoms. The summed E-state index contributed by atoms with van der Waals surface area (Å²) < 4.78 is 1.18. The summed E-state index contributed by atoms with van der Waals surface area (Å²) in [6, 6.07) is 2.62. The number of anilines is 1. The molecule has 0 amide bonds. The van der Waals surface area contributed by atoms with E-state index in [0.717, 1.165) is 16.6 Å². The number of thiophene rings is 1. The molecular weight excluding hydrogens is 250 g/mol. The van der Waals surface area contributed by atoms with Crippen molar-refractivity contribution in [2.24, 2.45) is 0 Å². The SMILES string of the molecule is CSC1CCC(Nc2ncnc3ccsc23)C1. The maximum atomic E-state index is 4.37. The molecule has 3 rings (SSSR count). The largest absolute Gasteiger partial charge is 0.366 e. The normalized spacial score (nSPS) is 24.3. The van der Waals surface area contributed by atoms with Crippen molar-refractivity contribution in [3.8, 4) is 0 Å². The van der Waals surface area contributed by atoms with Crippen molar-refractivity contribution in [1.29, 1.82) is 0 Å². The van der Waals surface area contributed by atoms with E-state index in [-0.39, 0.29) is 0 Å². The highest BCUT2D eigenvalue weighted by molar-refractivity contribution is 7.99. The molecule has 17 heavy (non-hydrogen) atoms. The van der Waals surface area contributed by atoms with E-state index in [1.807, 2.05) is 17.8 Å². The monoisotopic (exact) mass is 265 g/mol. The molecule has 2 aromatic heterocycles. The predicted molar refractivity (Wildman–Crippen MR) is 76.0 cm³/mol. The van der Waals surface area contributed by atoms with Crippen LogP contribution in [0.2, 0.25) is 0 Å². The van der Waals surface area contributed by atoms with Gasteiger partial charge in [0, 0.05) is 11.3 Å². The van der Waals surface area contributed by atoms with Crippen LogP contribution in [0.1, 0.15) is 19.3 Å². The number of nitrogens with zero attached hydrogens (tertiary/aromatic N) is 2. The van der Waals surface area contributed by atoms with Crippen molar-refractivity contribution in [3.63, 3.8) is 0 Å². The minimum absolute atomic E-state index is 0.577. The standard InChI is InChI=1S/C12H15N3S2/c1-16-9-3-2-8(6-9)15-12-11-10(4-5-17-11)13-7-14-12/h4-5,7-9H,2-3,6H2,1H3,(H,13,14,15). The smallest absolute Gasteiger partial charge is 0.147 e. The van der Waals surface area contributed by atoms with Gasteiger partial charge >= 0.3 is 0 Å². The van der Waals surface area contributed by atoms with E-state index < -0.39 is 0 Å². The number of nitrogens with one attached hydrogen (secondary N) is 1. The first-order chi connectivity index (χ1) is 8.36. The molecule has 1 saturated carbocycles. The minimum Gasteiger partial charge on any atom is -0.366 e. The molecule has 0 aromatic carbocycles. The summed E-state index contributed by atoms with van der Waals surface area (Å²) in [6.07, 6.45) is 7.67. The van der Waals surface area contributed by atoms with E-state index in [1.54, 1.807) is 17.7 Å². The zero-order valence-electron chi connectivity index (χ0n) is 9.72. The Hall–Kier alpha value is -0.810. The molecule has 1 aliphatic rings. The molecule has 2 atom stereocenters. The Morgan fingerprint density at radius 1 is 1.41 bits per heavy atom. The van der Waals surface area contributed by atoms with Crippen LogP contribution in [0, 0.1) is 0 Å². The average Bonchev–Trinajstić information content (AvgIpc) is 2.97. The second-order valence-electron chi connectivity index (χ2n) is 4.37. The van der Waals surface area contributed by atoms with Gasteiger partial charge in [-0.05, 0) is 37.0 Å². The predicted octanol–water partition coefficient (Wildman–Crippen LogP) is 3.39. The first-order valence-electron chi connectivity index (χ1n) is 5.84. The zero-order valence-corrected chi connectivity index (χ0v) is 11.4. The third-order valence-corrected chi connectivity index (χ3v) is 5.31. The molecule has 5 heteroatoms. The molecule has 1 aliphatic carbocycles. The van der Waals surface area contributed by atoms with Gasteiger partial charge in [-0.1, -0.05) is 0 Å². The molecule has 0 saturated heterocycles. The number of thioether (sulfide) groups is 1. The third-order valence-electron chi connectivity index (χ3n) is 3.30. The Kier molecular flexibility index (Phi) is 3.20. The van der Waals surface area contributed by atoms with Gasteiger partial charge in [0.2, 0.25) is 0 Å². The quantitative estimate of drug-likeness (QED) is 0.923. The molecule has 0 bridgehead atoms. The van der Waals surface area contributed by atoms with Crippen LogP contribution in [0.25, 0.3) is 10.2 Å². The number of hydrogen-bond acceptors (Lipinski definition) is 5. The van der Waals surface area contributed by atoms with Crippen LogP contribution in [-0.4, -0.2) is 27.5 Å². The fourth-order valence-corrected chi connectivity index (χ4v) is 3.96. The van der Waals surface area contributed by atoms with Gasteiger partial charge in [-0.2, -0.15) is 11.8 Å². The van der Waals surface area contributed by atoms with E-state index in [2.05, 4.69) is 26.9 Å². The molecule has 1 fully saturated rings. The van der Waals surface area contributed by atoms with Crippen LogP contribution >= 0.6 is 23.1 Å². The highest BCUT2D eigenvalue weighted by Gasteiger charge is 2.24. The van der Waals surface area contributed by atoms with Gasteiger partial charge in [-0.15, -0.1) is 11.3 Å². The van der Waals surface area contributed by atoms with Crippen molar-refractivity contribution in [2.45, 2.75) is 30.6 Å². The highest BCUT2D eigenvalue weighted by Crippen LogP contribution is 2.32. The van der Waals surface area contributed by atoms with Crippen LogP contribution in [0.5, 0.6) is 0 Å². The van der Waals surface area contributed by atoms with Gasteiger partial charge in [0.25, 0.3) is 0 Å². The Bertz CT molecular complexity index is 511. The van der Waals surface area contributed by atoms with Crippen LogP contribution in [0.4, 0.5) is 5.82 Å². The summed E-state index contributed by atoms with van der Waals surface area (Å²) in [6.45, 7) is 0. The van der Waals surface area contributed by atoms with Gasteiger partial charge in [0.15, 0.2) is 0 Å². The molecule has 3 nitrogen and oxygen atoms in total. The second-order valence-corrected chi connectivity index (χ2v) is 6.42. The summed E-state index contributed by atoms with van der Waals surface area (Å²) in [7, 11) is 0. The molecule has 0 radical (unpaired) electrons. The van der Waals surface area contributed by atoms with E-state index in [9.17, 15) is 0 Å². The number of hydrogen-bond donors (Lipinski definition) is 1. The summed E-state index contributed by atoms with van der Waals surface area (Å²) in [5.74, 6) is 1.01. The first-order valence-corrected chi connectivity index (χ1v) is 8.01. The van der Waals surface area contributed by atoms with Gasteiger partial charge in [0.05, 0.1) is 10.2 Å². The number of rotatable bonds is 3. The molecule has 1 N–H and O–H groups in total. The number of fused-ring (bicyclic) bond motifs is 1. The topological polar surface area (TPSA) is 37.8 Å². The molecule has 2 heterocycles. The van der Waals surface area contributed by atoms with Crippen LogP contribution in [0.15, 0.2) is 17.8 Å². The van der Waals surface area contributed by atoms with Gasteiger partial charge in [-0.25, -0.2) is 9.97 Å². The molecule has 0 aliphatic heterocycles. The van der Waals surface area contributed by atoms with Crippen molar-refractivity contribution in [2.75, 3.05) is 11.6 Å². The Labute approximate surface area is 109 Å². The second kappa shape index (κ2) is 4.82. The van der Waals surface area contributed by atoms with Gasteiger partial charge in [0.1, 0.15) is 12.1 Å². The molecule has 2 aromatic rings. The fraction of sp³-hybridized carbons (Fsp3) is 0.500. The lowest BCUT2D eigenvalue weighted by Gasteiger charge is -2.13. The maximum absolute atomic E-state index is 4.37. The Morgan fingerprint density at radius 3 is 3.18 bits per heavy atom. The summed E-state index contributed by atoms with van der Waals surface area (Å²) in [5.41, 5.74) is 1.05. The fourth-order valence-electron chi connectivity index (χ4n) is 2.37. The first kappa shape index (κ1) is 11.3. The summed E-state index contributed by atoms with van der Waals surface area (Å²) in [4.78, 5) is 8.64. The number of aromatic nitrogens is 2. The summed E-state index contributed by atoms with van der Waals surface area (Å²) in [5, 5.41) is 6.47. The molecular formula is C12H15N3S2. The Morgan fingerprint density at radius 2 is 2.35 bits per heavy atom. The lowest BCUT2D eigenvalue weighted by molar-refractivity contribution is 0.753. The van der Waals surface area contributed by atoms with Crippen LogP contribution in [-0.2, 0) is 0 Å². The van der Waals surface area contributed by atoms with E-state index in [0.29, 0.717) is 6.04 Å². The Balaban J connectivity index is 1.79. The van der Waals surface area contributed by atoms with Gasteiger partial charge < -0.3 is 5.32 Å². The maximum Gasteiger partial charge on any atom is 0.147 e. The van der Waals surface area contributed by atoms with E-state index >= 15 is 0 Å². The lowest BCUT2D eigenvalue weighted by atomic mass is 10.2. The molecule has 90 valence electrons. The minimum atomic E-state index is 0.577.